The van der Waals surface area contributed by atoms with E-state index in [0.29, 0.717) is 13.0 Å². The van der Waals surface area contributed by atoms with Crippen molar-refractivity contribution < 1.29 is 14.7 Å². The van der Waals surface area contributed by atoms with Crippen molar-refractivity contribution in [1.82, 2.24) is 4.90 Å². The Hall–Kier alpha value is -1.06. The summed E-state index contributed by atoms with van der Waals surface area (Å²) in [5.74, 6) is -0.658. The first-order valence-electron chi connectivity index (χ1n) is 6.73. The number of carbonyl (C=O) groups excluding carboxylic acids is 1. The summed E-state index contributed by atoms with van der Waals surface area (Å²) in [6.45, 7) is 0.631. The Morgan fingerprint density at radius 3 is 2.24 bits per heavy atom. The molecule has 0 aromatic rings. The zero-order valence-corrected chi connectivity index (χ0v) is 10.2. The molecule has 1 N–H and O–H groups in total. The second-order valence-corrected chi connectivity index (χ2v) is 5.22. The standard InChI is InChI=1S/C13H21NO3/c15-12(10-6-2-1-3-7-10)14-9-5-4-8-11(14)13(16)17/h10-11H,1-9H2,(H,16,17)/t11-/m1/s1. The Morgan fingerprint density at radius 1 is 0.941 bits per heavy atom. The molecule has 0 aromatic carbocycles. The predicted molar refractivity (Wildman–Crippen MR) is 63.6 cm³/mol. The molecular weight excluding hydrogens is 218 g/mol. The summed E-state index contributed by atoms with van der Waals surface area (Å²) in [7, 11) is 0. The largest absolute Gasteiger partial charge is 0.480 e. The quantitative estimate of drug-likeness (QED) is 0.802. The van der Waals surface area contributed by atoms with Crippen LogP contribution in [-0.4, -0.2) is 34.5 Å². The number of amides is 1. The Labute approximate surface area is 102 Å². The second-order valence-electron chi connectivity index (χ2n) is 5.22. The topological polar surface area (TPSA) is 57.6 Å². The number of carboxylic acids is 1. The summed E-state index contributed by atoms with van der Waals surface area (Å²) < 4.78 is 0. The Bertz CT molecular complexity index is 297. The molecule has 4 heteroatoms. The normalized spacial score (nSPS) is 26.8. The van der Waals surface area contributed by atoms with Gasteiger partial charge in [-0.15, -0.1) is 0 Å². The van der Waals surface area contributed by atoms with E-state index in [4.69, 9.17) is 5.11 Å². The molecule has 2 aliphatic rings. The minimum absolute atomic E-state index is 0.0868. The molecule has 1 saturated carbocycles. The van der Waals surface area contributed by atoms with E-state index < -0.39 is 12.0 Å². The van der Waals surface area contributed by atoms with Gasteiger partial charge in [-0.2, -0.15) is 0 Å². The van der Waals surface area contributed by atoms with E-state index in [9.17, 15) is 9.59 Å². The van der Waals surface area contributed by atoms with E-state index >= 15 is 0 Å². The third-order valence-electron chi connectivity index (χ3n) is 4.03. The van der Waals surface area contributed by atoms with Gasteiger partial charge in [-0.1, -0.05) is 19.3 Å². The van der Waals surface area contributed by atoms with Crippen LogP contribution in [0.1, 0.15) is 51.4 Å². The van der Waals surface area contributed by atoms with Gasteiger partial charge in [0.25, 0.3) is 0 Å². The summed E-state index contributed by atoms with van der Waals surface area (Å²) in [5.41, 5.74) is 0. The van der Waals surface area contributed by atoms with Gasteiger partial charge in [0.15, 0.2) is 0 Å². The predicted octanol–water partition coefficient (Wildman–Crippen LogP) is 2.03. The first kappa shape index (κ1) is 12.4. The monoisotopic (exact) mass is 239 g/mol. The maximum atomic E-state index is 12.3. The minimum Gasteiger partial charge on any atom is -0.480 e. The van der Waals surface area contributed by atoms with Gasteiger partial charge in [0.1, 0.15) is 6.04 Å². The molecule has 0 spiro atoms. The van der Waals surface area contributed by atoms with E-state index in [-0.39, 0.29) is 11.8 Å². The fraction of sp³-hybridized carbons (Fsp3) is 0.846. The van der Waals surface area contributed by atoms with E-state index in [1.807, 2.05) is 0 Å². The fourth-order valence-corrected chi connectivity index (χ4v) is 3.04. The van der Waals surface area contributed by atoms with E-state index in [1.165, 1.54) is 6.42 Å². The zero-order chi connectivity index (χ0) is 12.3. The number of aliphatic carboxylic acids is 1. The summed E-state index contributed by atoms with van der Waals surface area (Å²) in [6, 6.07) is -0.571. The van der Waals surface area contributed by atoms with Gasteiger partial charge < -0.3 is 10.0 Å². The van der Waals surface area contributed by atoms with Gasteiger partial charge in [0.05, 0.1) is 0 Å². The Balaban J connectivity index is 2.02. The van der Waals surface area contributed by atoms with Crippen LogP contribution in [-0.2, 0) is 9.59 Å². The lowest BCUT2D eigenvalue weighted by Crippen LogP contribution is -2.50. The van der Waals surface area contributed by atoms with Crippen molar-refractivity contribution in [3.8, 4) is 0 Å². The van der Waals surface area contributed by atoms with Gasteiger partial charge in [-0.3, -0.25) is 4.79 Å². The zero-order valence-electron chi connectivity index (χ0n) is 10.2. The Morgan fingerprint density at radius 2 is 1.59 bits per heavy atom. The van der Waals surface area contributed by atoms with Gasteiger partial charge in [-0.05, 0) is 32.1 Å². The number of rotatable bonds is 2. The number of hydrogen-bond donors (Lipinski definition) is 1. The molecule has 1 heterocycles. The molecule has 1 aliphatic heterocycles. The van der Waals surface area contributed by atoms with Crippen LogP contribution >= 0.6 is 0 Å². The van der Waals surface area contributed by atoms with Crippen LogP contribution in [0.15, 0.2) is 0 Å². The maximum Gasteiger partial charge on any atom is 0.326 e. The molecule has 0 aromatic heterocycles. The molecule has 4 nitrogen and oxygen atoms in total. The van der Waals surface area contributed by atoms with Crippen molar-refractivity contribution in [1.29, 1.82) is 0 Å². The molecule has 1 aliphatic carbocycles. The number of piperidine rings is 1. The number of carbonyl (C=O) groups is 2. The highest BCUT2D eigenvalue weighted by Crippen LogP contribution is 2.28. The van der Waals surface area contributed by atoms with Crippen molar-refractivity contribution in [2.24, 2.45) is 5.92 Å². The van der Waals surface area contributed by atoms with Gasteiger partial charge >= 0.3 is 5.97 Å². The van der Waals surface area contributed by atoms with Crippen molar-refractivity contribution >= 4 is 11.9 Å². The third kappa shape index (κ3) is 2.79. The molecular formula is C13H21NO3. The third-order valence-corrected chi connectivity index (χ3v) is 4.03. The highest BCUT2D eigenvalue weighted by atomic mass is 16.4. The first-order chi connectivity index (χ1) is 8.20. The molecule has 0 bridgehead atoms. The summed E-state index contributed by atoms with van der Waals surface area (Å²) in [5, 5.41) is 9.16. The molecule has 1 amide bonds. The lowest BCUT2D eigenvalue weighted by molar-refractivity contribution is -0.154. The number of hydrogen-bond acceptors (Lipinski definition) is 2. The van der Waals surface area contributed by atoms with Crippen molar-refractivity contribution in [2.45, 2.75) is 57.4 Å². The fourth-order valence-electron chi connectivity index (χ4n) is 3.04. The van der Waals surface area contributed by atoms with Crippen LogP contribution in [0.25, 0.3) is 0 Å². The SMILES string of the molecule is O=C(O)[C@H]1CCCCN1C(=O)C1CCCCC1. The number of likely N-dealkylation sites (tertiary alicyclic amines) is 1. The van der Waals surface area contributed by atoms with Crippen LogP contribution in [0.2, 0.25) is 0 Å². The molecule has 96 valence electrons. The van der Waals surface area contributed by atoms with Crippen LogP contribution in [0.5, 0.6) is 0 Å². The Kier molecular flexibility index (Phi) is 4.02. The molecule has 2 fully saturated rings. The van der Waals surface area contributed by atoms with Crippen molar-refractivity contribution in [2.75, 3.05) is 6.54 Å². The first-order valence-corrected chi connectivity index (χ1v) is 6.73. The molecule has 0 radical (unpaired) electrons. The average molecular weight is 239 g/mol. The highest BCUT2D eigenvalue weighted by Gasteiger charge is 2.35. The summed E-state index contributed by atoms with van der Waals surface area (Å²) in [6.07, 6.45) is 7.82. The molecule has 17 heavy (non-hydrogen) atoms. The molecule has 1 atom stereocenters. The number of carboxylic acid groups (broad SMARTS) is 1. The lowest BCUT2D eigenvalue weighted by Gasteiger charge is -2.36. The van der Waals surface area contributed by atoms with Gasteiger partial charge in [0.2, 0.25) is 5.91 Å². The van der Waals surface area contributed by atoms with E-state index in [1.54, 1.807) is 4.90 Å². The molecule has 0 unspecified atom stereocenters. The van der Waals surface area contributed by atoms with E-state index in [2.05, 4.69) is 0 Å². The lowest BCUT2D eigenvalue weighted by atomic mass is 9.87. The smallest absolute Gasteiger partial charge is 0.326 e. The van der Waals surface area contributed by atoms with Crippen LogP contribution < -0.4 is 0 Å². The second kappa shape index (κ2) is 5.52. The highest BCUT2D eigenvalue weighted by molar-refractivity contribution is 5.85. The van der Waals surface area contributed by atoms with Gasteiger partial charge in [0, 0.05) is 12.5 Å². The minimum atomic E-state index is -0.839. The van der Waals surface area contributed by atoms with Crippen LogP contribution in [0, 0.1) is 5.92 Å². The molecule has 2 rings (SSSR count). The van der Waals surface area contributed by atoms with E-state index in [0.717, 1.165) is 38.5 Å². The van der Waals surface area contributed by atoms with Gasteiger partial charge in [-0.25, -0.2) is 4.79 Å². The summed E-state index contributed by atoms with van der Waals surface area (Å²) in [4.78, 5) is 25.1. The average Bonchev–Trinajstić information content (AvgIpc) is 2.39. The maximum absolute atomic E-state index is 12.3. The number of nitrogens with zero attached hydrogens (tertiary/aromatic N) is 1. The summed E-state index contributed by atoms with van der Waals surface area (Å²) >= 11 is 0. The van der Waals surface area contributed by atoms with Crippen LogP contribution in [0.3, 0.4) is 0 Å². The van der Waals surface area contributed by atoms with Crippen molar-refractivity contribution in [3.63, 3.8) is 0 Å². The van der Waals surface area contributed by atoms with Crippen molar-refractivity contribution in [3.05, 3.63) is 0 Å². The van der Waals surface area contributed by atoms with Crippen LogP contribution in [0.4, 0.5) is 0 Å². The molecule has 1 saturated heterocycles.